The summed E-state index contributed by atoms with van der Waals surface area (Å²) in [6.07, 6.45) is 2.36. The van der Waals surface area contributed by atoms with Crippen LogP contribution >= 0.6 is 11.6 Å². The molecule has 1 atom stereocenters. The van der Waals surface area contributed by atoms with E-state index in [2.05, 4.69) is 19.9 Å². The molecule has 1 aromatic heterocycles. The van der Waals surface area contributed by atoms with Crippen molar-refractivity contribution in [2.45, 2.75) is 19.0 Å². The van der Waals surface area contributed by atoms with Gasteiger partial charge in [0, 0.05) is 31.9 Å². The van der Waals surface area contributed by atoms with E-state index < -0.39 is 0 Å². The first kappa shape index (κ1) is 13.1. The molecule has 0 aromatic carbocycles. The molecule has 0 aliphatic carbocycles. The van der Waals surface area contributed by atoms with Crippen LogP contribution in [0.2, 0.25) is 5.15 Å². The summed E-state index contributed by atoms with van der Waals surface area (Å²) in [7, 11) is 1.38. The van der Waals surface area contributed by atoms with Gasteiger partial charge in [0.25, 0.3) is 0 Å². The highest BCUT2D eigenvalue weighted by atomic mass is 35.5. The topological polar surface area (TPSA) is 54.5 Å². The summed E-state index contributed by atoms with van der Waals surface area (Å²) >= 11 is 5.74. The Kier molecular flexibility index (Phi) is 4.38. The van der Waals surface area contributed by atoms with Crippen molar-refractivity contribution < 1.29 is 9.53 Å². The van der Waals surface area contributed by atoms with E-state index in [0.29, 0.717) is 5.15 Å². The van der Waals surface area contributed by atoms with Gasteiger partial charge >= 0.3 is 6.09 Å². The Balaban J connectivity index is 1.82. The molecule has 98 valence electrons. The van der Waals surface area contributed by atoms with Crippen LogP contribution < -0.4 is 5.32 Å². The lowest BCUT2D eigenvalue weighted by Gasteiger charge is -2.16. The molecule has 1 N–H and O–H groups in total. The van der Waals surface area contributed by atoms with Crippen molar-refractivity contribution in [3.05, 3.63) is 29.0 Å². The number of aromatic nitrogens is 1. The van der Waals surface area contributed by atoms with Gasteiger partial charge in [-0.15, -0.1) is 0 Å². The molecule has 0 spiro atoms. The minimum Gasteiger partial charge on any atom is -0.453 e. The Morgan fingerprint density at radius 3 is 3.17 bits per heavy atom. The third-order valence-electron chi connectivity index (χ3n) is 2.97. The minimum atomic E-state index is -0.366. The number of halogens is 1. The summed E-state index contributed by atoms with van der Waals surface area (Å²) in [5, 5.41) is 3.32. The lowest BCUT2D eigenvalue weighted by Crippen LogP contribution is -2.36. The number of nitrogens with zero attached hydrogens (tertiary/aromatic N) is 2. The molecule has 0 bridgehead atoms. The van der Waals surface area contributed by atoms with Gasteiger partial charge in [0.15, 0.2) is 0 Å². The number of ether oxygens (including phenoxy) is 1. The number of hydrogen-bond acceptors (Lipinski definition) is 4. The van der Waals surface area contributed by atoms with Crippen molar-refractivity contribution >= 4 is 17.7 Å². The molecule has 1 fully saturated rings. The molecule has 1 aliphatic heterocycles. The van der Waals surface area contributed by atoms with Crippen LogP contribution in [0.4, 0.5) is 4.79 Å². The highest BCUT2D eigenvalue weighted by Crippen LogP contribution is 2.14. The maximum Gasteiger partial charge on any atom is 0.407 e. The number of nitrogens with one attached hydrogen (secondary N) is 1. The van der Waals surface area contributed by atoms with E-state index in [4.69, 9.17) is 11.6 Å². The van der Waals surface area contributed by atoms with Crippen molar-refractivity contribution in [2.75, 3.05) is 20.2 Å². The summed E-state index contributed by atoms with van der Waals surface area (Å²) in [6.45, 7) is 2.61. The smallest absolute Gasteiger partial charge is 0.407 e. The lowest BCUT2D eigenvalue weighted by molar-refractivity contribution is 0.166. The molecular weight excluding hydrogens is 254 g/mol. The van der Waals surface area contributed by atoms with Crippen molar-refractivity contribution in [1.82, 2.24) is 15.2 Å². The van der Waals surface area contributed by atoms with E-state index in [1.54, 1.807) is 12.3 Å². The first-order chi connectivity index (χ1) is 8.67. The van der Waals surface area contributed by atoms with Crippen LogP contribution in [0.1, 0.15) is 12.0 Å². The van der Waals surface area contributed by atoms with Gasteiger partial charge in [0.2, 0.25) is 0 Å². The third kappa shape index (κ3) is 3.58. The zero-order valence-corrected chi connectivity index (χ0v) is 11.0. The summed E-state index contributed by atoms with van der Waals surface area (Å²) in [5.41, 5.74) is 1.12. The summed E-state index contributed by atoms with van der Waals surface area (Å²) in [5.74, 6) is 0. The molecule has 1 saturated heterocycles. The van der Waals surface area contributed by atoms with Gasteiger partial charge in [0.1, 0.15) is 5.15 Å². The Morgan fingerprint density at radius 2 is 2.50 bits per heavy atom. The third-order valence-corrected chi connectivity index (χ3v) is 3.20. The molecule has 1 aromatic rings. The molecule has 18 heavy (non-hydrogen) atoms. The number of amides is 1. The van der Waals surface area contributed by atoms with E-state index in [0.717, 1.165) is 31.6 Å². The zero-order chi connectivity index (χ0) is 13.0. The predicted molar refractivity (Wildman–Crippen MR) is 68.5 cm³/mol. The average Bonchev–Trinajstić information content (AvgIpc) is 2.79. The predicted octanol–water partition coefficient (Wildman–Crippen LogP) is 1.67. The highest BCUT2D eigenvalue weighted by Gasteiger charge is 2.23. The van der Waals surface area contributed by atoms with E-state index in [1.165, 1.54) is 7.11 Å². The van der Waals surface area contributed by atoms with Gasteiger partial charge in [-0.2, -0.15) is 0 Å². The number of alkyl carbamates (subject to hydrolysis) is 1. The first-order valence-corrected chi connectivity index (χ1v) is 6.22. The SMILES string of the molecule is COC(=O)NC1CCN(Cc2ccc(Cl)nc2)C1. The molecule has 2 heterocycles. The molecule has 6 heteroatoms. The molecule has 5 nitrogen and oxygen atoms in total. The number of carbonyl (C=O) groups is 1. The Morgan fingerprint density at radius 1 is 1.67 bits per heavy atom. The monoisotopic (exact) mass is 269 g/mol. The van der Waals surface area contributed by atoms with Crippen LogP contribution in [0.25, 0.3) is 0 Å². The number of likely N-dealkylation sites (tertiary alicyclic amines) is 1. The second-order valence-corrected chi connectivity index (χ2v) is 4.73. The van der Waals surface area contributed by atoms with Crippen LogP contribution in [-0.4, -0.2) is 42.2 Å². The highest BCUT2D eigenvalue weighted by molar-refractivity contribution is 6.29. The van der Waals surface area contributed by atoms with Crippen molar-refractivity contribution in [2.24, 2.45) is 0 Å². The van der Waals surface area contributed by atoms with Crippen LogP contribution in [0, 0.1) is 0 Å². The van der Waals surface area contributed by atoms with Crippen molar-refractivity contribution in [3.8, 4) is 0 Å². The largest absolute Gasteiger partial charge is 0.453 e. The molecule has 1 unspecified atom stereocenters. The van der Waals surface area contributed by atoms with Crippen LogP contribution in [0.15, 0.2) is 18.3 Å². The number of carbonyl (C=O) groups excluding carboxylic acids is 1. The van der Waals surface area contributed by atoms with E-state index in [1.807, 2.05) is 6.07 Å². The number of pyridine rings is 1. The molecular formula is C12H16ClN3O2. The van der Waals surface area contributed by atoms with Crippen LogP contribution in [0.5, 0.6) is 0 Å². The molecule has 1 amide bonds. The first-order valence-electron chi connectivity index (χ1n) is 5.84. The fourth-order valence-corrected chi connectivity index (χ4v) is 2.19. The fourth-order valence-electron chi connectivity index (χ4n) is 2.08. The van der Waals surface area contributed by atoms with Gasteiger partial charge in [-0.05, 0) is 18.1 Å². The lowest BCUT2D eigenvalue weighted by atomic mass is 10.2. The zero-order valence-electron chi connectivity index (χ0n) is 10.2. The minimum absolute atomic E-state index is 0.165. The van der Waals surface area contributed by atoms with E-state index in [-0.39, 0.29) is 12.1 Å². The average molecular weight is 270 g/mol. The summed E-state index contributed by atoms with van der Waals surface area (Å²) in [4.78, 5) is 17.4. The Hall–Kier alpha value is -1.33. The quantitative estimate of drug-likeness (QED) is 0.848. The van der Waals surface area contributed by atoms with Crippen LogP contribution in [-0.2, 0) is 11.3 Å². The Bertz CT molecular complexity index is 410. The normalized spacial score (nSPS) is 19.8. The maximum atomic E-state index is 11.1. The molecule has 0 radical (unpaired) electrons. The fraction of sp³-hybridized carbons (Fsp3) is 0.500. The number of hydrogen-bond donors (Lipinski definition) is 1. The molecule has 0 saturated carbocycles. The van der Waals surface area contributed by atoms with Gasteiger partial charge < -0.3 is 10.1 Å². The van der Waals surface area contributed by atoms with Gasteiger partial charge in [-0.25, -0.2) is 9.78 Å². The maximum absolute atomic E-state index is 11.1. The summed E-state index contributed by atoms with van der Waals surface area (Å²) in [6, 6.07) is 3.92. The van der Waals surface area contributed by atoms with Crippen LogP contribution in [0.3, 0.4) is 0 Å². The van der Waals surface area contributed by atoms with Gasteiger partial charge in [-0.1, -0.05) is 17.7 Å². The molecule has 2 rings (SSSR count). The second-order valence-electron chi connectivity index (χ2n) is 4.35. The van der Waals surface area contributed by atoms with Crippen molar-refractivity contribution in [3.63, 3.8) is 0 Å². The van der Waals surface area contributed by atoms with E-state index in [9.17, 15) is 4.79 Å². The second kappa shape index (κ2) is 6.02. The van der Waals surface area contributed by atoms with Crippen molar-refractivity contribution in [1.29, 1.82) is 0 Å². The Labute approximate surface area is 111 Å². The summed E-state index contributed by atoms with van der Waals surface area (Å²) < 4.78 is 4.59. The standard InChI is InChI=1S/C12H16ClN3O2/c1-18-12(17)15-10-4-5-16(8-10)7-9-2-3-11(13)14-6-9/h2-3,6,10H,4-5,7-8H2,1H3,(H,15,17). The van der Waals surface area contributed by atoms with E-state index >= 15 is 0 Å². The molecule has 1 aliphatic rings. The van der Waals surface area contributed by atoms with Gasteiger partial charge in [-0.3, -0.25) is 4.90 Å². The number of methoxy groups -OCH3 is 1. The number of rotatable bonds is 3. The van der Waals surface area contributed by atoms with Gasteiger partial charge in [0.05, 0.1) is 7.11 Å².